The molecule has 0 spiro atoms. The highest BCUT2D eigenvalue weighted by molar-refractivity contribution is 5.88. The summed E-state index contributed by atoms with van der Waals surface area (Å²) in [6, 6.07) is -0.0688. The first-order chi connectivity index (χ1) is 5.43. The molecule has 0 heterocycles. The van der Waals surface area contributed by atoms with E-state index in [1.54, 1.807) is 0 Å². The molecule has 0 aliphatic carbocycles. The highest BCUT2D eigenvalue weighted by atomic mass is 16.1. The first-order valence-corrected chi connectivity index (χ1v) is 4.19. The Morgan fingerprint density at radius 3 is 2.00 bits per heavy atom. The van der Waals surface area contributed by atoms with E-state index in [0.29, 0.717) is 6.42 Å². The van der Waals surface area contributed by atoms with E-state index in [2.05, 4.69) is 5.32 Å². The van der Waals surface area contributed by atoms with Gasteiger partial charge >= 0.3 is 0 Å². The van der Waals surface area contributed by atoms with Crippen LogP contribution < -0.4 is 5.32 Å². The van der Waals surface area contributed by atoms with Gasteiger partial charge in [-0.05, 0) is 13.8 Å². The molecule has 0 saturated carbocycles. The van der Waals surface area contributed by atoms with Crippen molar-refractivity contribution in [3.63, 3.8) is 0 Å². The van der Waals surface area contributed by atoms with E-state index in [1.165, 1.54) is 13.8 Å². The first-order valence-electron chi connectivity index (χ1n) is 4.19. The third-order valence-corrected chi connectivity index (χ3v) is 1.52. The van der Waals surface area contributed by atoms with Crippen LogP contribution in [0.3, 0.4) is 0 Å². The lowest BCUT2D eigenvalue weighted by molar-refractivity contribution is -0.124. The topological polar surface area (TPSA) is 46.2 Å². The van der Waals surface area contributed by atoms with Gasteiger partial charge in [0.05, 0.1) is 6.04 Å². The van der Waals surface area contributed by atoms with Crippen molar-refractivity contribution in [1.82, 2.24) is 5.32 Å². The zero-order valence-electron chi connectivity index (χ0n) is 8.18. The van der Waals surface area contributed by atoms with Crippen LogP contribution in [-0.2, 0) is 9.59 Å². The highest BCUT2D eigenvalue weighted by Gasteiger charge is 2.16. The molecule has 3 heteroatoms. The van der Waals surface area contributed by atoms with Crippen LogP contribution in [0.5, 0.6) is 0 Å². The average molecular weight is 171 g/mol. The van der Waals surface area contributed by atoms with Crippen LogP contribution in [0.15, 0.2) is 0 Å². The summed E-state index contributed by atoms with van der Waals surface area (Å²) in [4.78, 5) is 21.7. The summed E-state index contributed by atoms with van der Waals surface area (Å²) >= 11 is 0. The van der Waals surface area contributed by atoms with E-state index in [9.17, 15) is 9.59 Å². The minimum atomic E-state index is -0.303. The van der Waals surface area contributed by atoms with Crippen LogP contribution in [0.25, 0.3) is 0 Å². The van der Waals surface area contributed by atoms with Gasteiger partial charge in [-0.15, -0.1) is 0 Å². The van der Waals surface area contributed by atoms with Crippen molar-refractivity contribution >= 4 is 11.6 Å². The van der Waals surface area contributed by atoms with Crippen LogP contribution in [0, 0.1) is 0 Å². The average Bonchev–Trinajstić information content (AvgIpc) is 1.83. The number of nitrogens with one attached hydrogen (secondary N) is 1. The lowest BCUT2D eigenvalue weighted by Crippen LogP contribution is -2.40. The van der Waals surface area contributed by atoms with Gasteiger partial charge in [0.15, 0.2) is 0 Å². The second-order valence-corrected chi connectivity index (χ2v) is 3.39. The second-order valence-electron chi connectivity index (χ2n) is 3.39. The smallest absolute Gasteiger partial charge is 0.147 e. The number of Topliss-reactive ketones (excluding diaryl/α,β-unsaturated/α-hetero) is 2. The molecule has 0 aromatic carbocycles. The molecule has 0 fully saturated rings. The van der Waals surface area contributed by atoms with Crippen LogP contribution in [0.1, 0.15) is 34.1 Å². The lowest BCUT2D eigenvalue weighted by atomic mass is 10.1. The maximum Gasteiger partial charge on any atom is 0.147 e. The Balaban J connectivity index is 4.04. The summed E-state index contributed by atoms with van der Waals surface area (Å²) in [5.41, 5.74) is 0. The highest BCUT2D eigenvalue weighted by Crippen LogP contribution is 1.96. The summed E-state index contributed by atoms with van der Waals surface area (Å²) in [5, 5.41) is 3.04. The van der Waals surface area contributed by atoms with Crippen molar-refractivity contribution in [2.45, 2.75) is 46.2 Å². The minimum absolute atomic E-state index is 0.0268. The maximum absolute atomic E-state index is 11.0. The lowest BCUT2D eigenvalue weighted by Gasteiger charge is -2.16. The Morgan fingerprint density at radius 1 is 1.25 bits per heavy atom. The molecule has 12 heavy (non-hydrogen) atoms. The molecule has 0 rings (SSSR count). The Kier molecular flexibility index (Phi) is 4.74. The number of hydrogen-bond acceptors (Lipinski definition) is 3. The maximum atomic E-state index is 11.0. The summed E-state index contributed by atoms with van der Waals surface area (Å²) in [6.07, 6.45) is 0.299. The second kappa shape index (κ2) is 5.04. The number of carbonyl (C=O) groups is 2. The molecule has 1 N–H and O–H groups in total. The van der Waals surface area contributed by atoms with Crippen molar-refractivity contribution in [1.29, 1.82) is 0 Å². The van der Waals surface area contributed by atoms with E-state index < -0.39 is 0 Å². The van der Waals surface area contributed by atoms with Gasteiger partial charge in [0.25, 0.3) is 0 Å². The Labute approximate surface area is 73.5 Å². The van der Waals surface area contributed by atoms with Crippen molar-refractivity contribution < 1.29 is 9.59 Å². The van der Waals surface area contributed by atoms with E-state index in [0.717, 1.165) is 0 Å². The molecule has 0 aliphatic heterocycles. The third-order valence-electron chi connectivity index (χ3n) is 1.52. The van der Waals surface area contributed by atoms with Crippen LogP contribution in [-0.4, -0.2) is 23.7 Å². The van der Waals surface area contributed by atoms with Gasteiger partial charge in [-0.25, -0.2) is 0 Å². The molecule has 70 valence electrons. The van der Waals surface area contributed by atoms with E-state index >= 15 is 0 Å². The first kappa shape index (κ1) is 11.3. The Hall–Kier alpha value is -0.700. The summed E-state index contributed by atoms with van der Waals surface area (Å²) in [5.74, 6) is 0.0715. The molecule has 0 radical (unpaired) electrons. The third kappa shape index (κ3) is 5.02. The fraction of sp³-hybridized carbons (Fsp3) is 0.778. The molecule has 0 amide bonds. The number of rotatable bonds is 5. The van der Waals surface area contributed by atoms with Gasteiger partial charge in [0, 0.05) is 12.5 Å². The molecule has 1 atom stereocenters. The van der Waals surface area contributed by atoms with Crippen molar-refractivity contribution in [3.05, 3.63) is 0 Å². The molecule has 0 saturated heterocycles. The quantitative estimate of drug-likeness (QED) is 0.669. The summed E-state index contributed by atoms with van der Waals surface area (Å²) < 4.78 is 0. The van der Waals surface area contributed by atoms with Crippen molar-refractivity contribution in [3.8, 4) is 0 Å². The van der Waals surface area contributed by atoms with Gasteiger partial charge in [-0.2, -0.15) is 0 Å². The minimum Gasteiger partial charge on any atom is -0.305 e. The molecule has 0 aromatic rings. The Bertz CT molecular complexity index is 175. The van der Waals surface area contributed by atoms with Gasteiger partial charge in [0.2, 0.25) is 0 Å². The molecular formula is C9H17NO2. The molecule has 0 aliphatic rings. The SMILES string of the molecule is CC(=O)CC(NC(C)C)C(C)=O. The van der Waals surface area contributed by atoms with Crippen LogP contribution >= 0.6 is 0 Å². The van der Waals surface area contributed by atoms with Crippen LogP contribution in [0.2, 0.25) is 0 Å². The zero-order valence-corrected chi connectivity index (χ0v) is 8.18. The van der Waals surface area contributed by atoms with Crippen molar-refractivity contribution in [2.75, 3.05) is 0 Å². The van der Waals surface area contributed by atoms with E-state index in [1.807, 2.05) is 13.8 Å². The zero-order chi connectivity index (χ0) is 9.72. The number of carbonyl (C=O) groups excluding carboxylic acids is 2. The fourth-order valence-electron chi connectivity index (χ4n) is 1.01. The number of ketones is 2. The normalized spacial score (nSPS) is 13.1. The van der Waals surface area contributed by atoms with Crippen molar-refractivity contribution in [2.24, 2.45) is 0 Å². The fourth-order valence-corrected chi connectivity index (χ4v) is 1.01. The van der Waals surface area contributed by atoms with Gasteiger partial charge < -0.3 is 5.32 Å². The molecular weight excluding hydrogens is 154 g/mol. The summed E-state index contributed by atoms with van der Waals surface area (Å²) in [6.45, 7) is 6.91. The molecule has 1 unspecified atom stereocenters. The van der Waals surface area contributed by atoms with Gasteiger partial charge in [-0.1, -0.05) is 13.8 Å². The molecule has 3 nitrogen and oxygen atoms in total. The number of hydrogen-bond donors (Lipinski definition) is 1. The predicted molar refractivity (Wildman–Crippen MR) is 48.0 cm³/mol. The standard InChI is InChI=1S/C9H17NO2/c1-6(2)10-9(8(4)12)5-7(3)11/h6,9-10H,5H2,1-4H3. The van der Waals surface area contributed by atoms with Gasteiger partial charge in [-0.3, -0.25) is 9.59 Å². The monoisotopic (exact) mass is 171 g/mol. The van der Waals surface area contributed by atoms with E-state index in [-0.39, 0.29) is 23.7 Å². The van der Waals surface area contributed by atoms with Gasteiger partial charge in [0.1, 0.15) is 11.6 Å². The largest absolute Gasteiger partial charge is 0.305 e. The predicted octanol–water partition coefficient (Wildman–Crippen LogP) is 0.921. The Morgan fingerprint density at radius 2 is 1.75 bits per heavy atom. The molecule has 0 aromatic heterocycles. The van der Waals surface area contributed by atoms with E-state index in [4.69, 9.17) is 0 Å². The van der Waals surface area contributed by atoms with Crippen LogP contribution in [0.4, 0.5) is 0 Å². The molecule has 0 bridgehead atoms. The summed E-state index contributed by atoms with van der Waals surface area (Å²) in [7, 11) is 0.